The van der Waals surface area contributed by atoms with Gasteiger partial charge in [0, 0.05) is 12.6 Å². The zero-order valence-electron chi connectivity index (χ0n) is 19.6. The number of pyridine rings is 1. The third-order valence-electron chi connectivity index (χ3n) is 6.19. The van der Waals surface area contributed by atoms with Gasteiger partial charge < -0.3 is 26.1 Å². The predicted molar refractivity (Wildman–Crippen MR) is 132 cm³/mol. The number of fused-ring (bicyclic) bond motifs is 1. The summed E-state index contributed by atoms with van der Waals surface area (Å²) in [6.07, 6.45) is -7.11. The van der Waals surface area contributed by atoms with Gasteiger partial charge in [0.2, 0.25) is 11.8 Å². The molecule has 0 unspecified atom stereocenters. The van der Waals surface area contributed by atoms with Gasteiger partial charge in [-0.25, -0.2) is 8.78 Å². The molecule has 1 aromatic carbocycles. The van der Waals surface area contributed by atoms with E-state index < -0.39 is 43.0 Å². The van der Waals surface area contributed by atoms with Gasteiger partial charge in [0.1, 0.15) is 5.56 Å². The topological polar surface area (TPSA) is 118 Å². The zero-order valence-corrected chi connectivity index (χ0v) is 21.2. The van der Waals surface area contributed by atoms with Crippen LogP contribution in [-0.2, 0) is 6.54 Å². The first-order valence-electron chi connectivity index (χ1n) is 11.6. The van der Waals surface area contributed by atoms with Crippen LogP contribution in [-0.4, -0.2) is 46.1 Å². The van der Waals surface area contributed by atoms with Crippen LogP contribution in [0.1, 0.15) is 41.6 Å². The monoisotopic (exact) mass is 580 g/mol. The molecule has 0 bridgehead atoms. The van der Waals surface area contributed by atoms with E-state index in [0.717, 1.165) is 0 Å². The minimum atomic E-state index is -4.29. The number of imidazole rings is 1. The maximum absolute atomic E-state index is 13.0. The Labute approximate surface area is 223 Å². The van der Waals surface area contributed by atoms with E-state index in [0.29, 0.717) is 11.3 Å². The average molecular weight is 581 g/mol. The van der Waals surface area contributed by atoms with Crippen molar-refractivity contribution in [1.82, 2.24) is 20.3 Å². The first-order chi connectivity index (χ1) is 18.0. The van der Waals surface area contributed by atoms with Gasteiger partial charge >= 0.3 is 6.18 Å². The molecule has 0 spiro atoms. The number of ether oxygens (including phenoxy) is 1. The molecule has 206 valence electrons. The lowest BCUT2D eigenvalue weighted by molar-refractivity contribution is -0.182. The van der Waals surface area contributed by atoms with Crippen LogP contribution in [0.4, 0.5) is 33.6 Å². The third kappa shape index (κ3) is 6.38. The van der Waals surface area contributed by atoms with Crippen LogP contribution in [0.25, 0.3) is 11.2 Å². The van der Waals surface area contributed by atoms with Crippen molar-refractivity contribution in [1.29, 1.82) is 0 Å². The van der Waals surface area contributed by atoms with Gasteiger partial charge in [0.25, 0.3) is 12.3 Å². The van der Waals surface area contributed by atoms with E-state index in [1.807, 2.05) is 0 Å². The van der Waals surface area contributed by atoms with E-state index in [9.17, 15) is 26.7 Å². The Morgan fingerprint density at radius 1 is 1.18 bits per heavy atom. The summed E-state index contributed by atoms with van der Waals surface area (Å²) < 4.78 is 69.6. The molecule has 0 atom stereocenters. The van der Waals surface area contributed by atoms with Gasteiger partial charge in [0.15, 0.2) is 12.3 Å². The van der Waals surface area contributed by atoms with E-state index in [4.69, 9.17) is 33.7 Å². The molecule has 38 heavy (non-hydrogen) atoms. The minimum Gasteiger partial charge on any atom is -0.471 e. The number of alkyl halides is 5. The molecule has 0 radical (unpaired) electrons. The van der Waals surface area contributed by atoms with Crippen LogP contribution in [0.3, 0.4) is 0 Å². The highest BCUT2D eigenvalue weighted by atomic mass is 35.5. The number of hydrogen-bond acceptors (Lipinski definition) is 6. The molecule has 0 aliphatic heterocycles. The number of anilines is 2. The number of aromatic nitrogens is 3. The summed E-state index contributed by atoms with van der Waals surface area (Å²) in [5, 5.41) is 6.14. The first kappa shape index (κ1) is 28.1. The summed E-state index contributed by atoms with van der Waals surface area (Å²) >= 11 is 12.6. The lowest BCUT2D eigenvalue weighted by Crippen LogP contribution is -2.40. The van der Waals surface area contributed by atoms with Crippen molar-refractivity contribution in [2.45, 2.75) is 50.9 Å². The van der Waals surface area contributed by atoms with Crippen LogP contribution in [0, 0.1) is 5.92 Å². The van der Waals surface area contributed by atoms with Crippen molar-refractivity contribution in [3.8, 4) is 5.88 Å². The molecular weight excluding hydrogens is 558 g/mol. The molecule has 1 aliphatic rings. The first-order valence-corrected chi connectivity index (χ1v) is 12.3. The van der Waals surface area contributed by atoms with Crippen molar-refractivity contribution >= 4 is 51.9 Å². The molecule has 3 aromatic rings. The van der Waals surface area contributed by atoms with Gasteiger partial charge in [-0.3, -0.25) is 4.79 Å². The molecule has 5 N–H and O–H groups in total. The van der Waals surface area contributed by atoms with E-state index in [2.05, 4.69) is 25.6 Å². The lowest BCUT2D eigenvalue weighted by Gasteiger charge is -2.30. The summed E-state index contributed by atoms with van der Waals surface area (Å²) in [6, 6.07) is 4.07. The maximum atomic E-state index is 13.0. The summed E-state index contributed by atoms with van der Waals surface area (Å²) in [5.41, 5.74) is 6.75. The van der Waals surface area contributed by atoms with Crippen molar-refractivity contribution < 1.29 is 31.5 Å². The molecule has 1 saturated carbocycles. The number of nitrogens with zero attached hydrogens (tertiary/aromatic N) is 2. The van der Waals surface area contributed by atoms with Gasteiger partial charge in [-0.15, -0.1) is 0 Å². The highest BCUT2D eigenvalue weighted by Crippen LogP contribution is 2.38. The molecule has 1 amide bonds. The number of amides is 1. The molecule has 4 rings (SSSR count). The molecule has 2 heterocycles. The van der Waals surface area contributed by atoms with Gasteiger partial charge in [0.05, 0.1) is 27.2 Å². The second-order valence-electron chi connectivity index (χ2n) is 8.79. The SMILES string of the molecule is NCc1ccc(Cl)c(Nc2nc3nc(OCC(F)F)c(C(=O)NC4CCC(C(F)(F)F)CC4)cc3[nH]2)c1Cl. The van der Waals surface area contributed by atoms with E-state index >= 15 is 0 Å². The van der Waals surface area contributed by atoms with Crippen LogP contribution in [0.5, 0.6) is 5.88 Å². The summed E-state index contributed by atoms with van der Waals surface area (Å²) in [5.74, 6) is -2.39. The van der Waals surface area contributed by atoms with E-state index in [1.54, 1.807) is 12.1 Å². The Kier molecular flexibility index (Phi) is 8.48. The minimum absolute atomic E-state index is 0.0428. The van der Waals surface area contributed by atoms with Crippen LogP contribution in [0.15, 0.2) is 18.2 Å². The number of rotatable bonds is 8. The predicted octanol–water partition coefficient (Wildman–Crippen LogP) is 5.96. The number of nitrogens with two attached hydrogens (primary N) is 1. The normalized spacial score (nSPS) is 18.1. The Hall–Kier alpha value is -2.90. The second-order valence-corrected chi connectivity index (χ2v) is 9.57. The van der Waals surface area contributed by atoms with E-state index in [-0.39, 0.29) is 64.9 Å². The molecule has 15 heteroatoms. The highest BCUT2D eigenvalue weighted by molar-refractivity contribution is 6.39. The number of aromatic amines is 1. The fourth-order valence-electron chi connectivity index (χ4n) is 4.21. The molecule has 1 aliphatic carbocycles. The fourth-order valence-corrected chi connectivity index (χ4v) is 4.76. The summed E-state index contributed by atoms with van der Waals surface area (Å²) in [6.45, 7) is -0.865. The largest absolute Gasteiger partial charge is 0.471 e. The molecule has 2 aromatic heterocycles. The number of halogens is 7. The fraction of sp³-hybridized carbons (Fsp3) is 0.435. The third-order valence-corrected chi connectivity index (χ3v) is 6.94. The van der Waals surface area contributed by atoms with Crippen molar-refractivity contribution in [2.75, 3.05) is 11.9 Å². The smallest absolute Gasteiger partial charge is 0.391 e. The average Bonchev–Trinajstić information content (AvgIpc) is 3.26. The van der Waals surface area contributed by atoms with Crippen LogP contribution in [0.2, 0.25) is 10.0 Å². The number of benzene rings is 1. The van der Waals surface area contributed by atoms with Crippen molar-refractivity contribution in [2.24, 2.45) is 11.7 Å². The maximum Gasteiger partial charge on any atom is 0.391 e. The lowest BCUT2D eigenvalue weighted by atomic mass is 9.85. The Bertz CT molecular complexity index is 1310. The van der Waals surface area contributed by atoms with Gasteiger partial charge in [-0.2, -0.15) is 23.1 Å². The van der Waals surface area contributed by atoms with Crippen molar-refractivity contribution in [3.63, 3.8) is 0 Å². The quantitative estimate of drug-likeness (QED) is 0.244. The van der Waals surface area contributed by atoms with Gasteiger partial charge in [-0.05, 0) is 43.4 Å². The Balaban J connectivity index is 1.59. The van der Waals surface area contributed by atoms with Crippen LogP contribution < -0.4 is 21.1 Å². The standard InChI is InChI=1S/C23H23Cl2F5N6O2/c24-14-6-1-10(8-31)17(25)18(14)34-22-33-15-7-13(21(35-19(15)36-22)38-9-16(26)27)20(37)32-12-4-2-11(3-5-12)23(28,29)30/h1,6-7,11-12,16H,2-5,8-9,31H2,(H,32,37)(H2,33,34,35,36). The highest BCUT2D eigenvalue weighted by Gasteiger charge is 2.41. The zero-order chi connectivity index (χ0) is 27.6. The number of carbonyl (C=O) groups is 1. The molecule has 8 nitrogen and oxygen atoms in total. The number of carbonyl (C=O) groups excluding carboxylic acids is 1. The van der Waals surface area contributed by atoms with Crippen LogP contribution >= 0.6 is 23.2 Å². The summed E-state index contributed by atoms with van der Waals surface area (Å²) in [7, 11) is 0. The summed E-state index contributed by atoms with van der Waals surface area (Å²) in [4.78, 5) is 24.3. The number of H-pyrrole nitrogens is 1. The second kappa shape index (κ2) is 11.5. The number of hydrogen-bond donors (Lipinski definition) is 4. The molecular formula is C23H23Cl2F5N6O2. The van der Waals surface area contributed by atoms with Crippen molar-refractivity contribution in [3.05, 3.63) is 39.4 Å². The number of nitrogens with one attached hydrogen (secondary N) is 3. The van der Waals surface area contributed by atoms with E-state index in [1.165, 1.54) is 6.07 Å². The molecule has 1 fully saturated rings. The Morgan fingerprint density at radius 2 is 1.89 bits per heavy atom. The Morgan fingerprint density at radius 3 is 2.53 bits per heavy atom. The van der Waals surface area contributed by atoms with Gasteiger partial charge in [-0.1, -0.05) is 29.3 Å². The molecule has 0 saturated heterocycles.